The molecule has 0 saturated carbocycles. The van der Waals surface area contributed by atoms with E-state index in [9.17, 15) is 5.11 Å². The molecule has 0 bridgehead atoms. The van der Waals surface area contributed by atoms with E-state index in [2.05, 4.69) is 49.3 Å². The minimum Gasteiger partial charge on any atom is -0.506 e. The third kappa shape index (κ3) is 3.47. The van der Waals surface area contributed by atoms with Gasteiger partial charge in [-0.05, 0) is 29.2 Å². The smallest absolute Gasteiger partial charge is 0.133 e. The van der Waals surface area contributed by atoms with Crippen molar-refractivity contribution >= 4 is 5.69 Å². The number of benzene rings is 1. The molecule has 2 aromatic rings. The normalized spacial score (nSPS) is 11.3. The van der Waals surface area contributed by atoms with Gasteiger partial charge in [-0.15, -0.1) is 0 Å². The van der Waals surface area contributed by atoms with E-state index in [1.54, 1.807) is 6.07 Å². The van der Waals surface area contributed by atoms with Gasteiger partial charge >= 0.3 is 0 Å². The standard InChI is InChI=1S/C16H20N2O/c1-16(2,3)14-6-4-5-7-15(14)18-10-12-8-9-13(19)11-17-12/h4-9,11,18-19H,10H2,1-3H3. The van der Waals surface area contributed by atoms with Gasteiger partial charge in [0.15, 0.2) is 0 Å². The lowest BCUT2D eigenvalue weighted by atomic mass is 9.86. The van der Waals surface area contributed by atoms with Crippen LogP contribution >= 0.6 is 0 Å². The van der Waals surface area contributed by atoms with Crippen molar-refractivity contribution in [2.45, 2.75) is 32.7 Å². The van der Waals surface area contributed by atoms with E-state index >= 15 is 0 Å². The Morgan fingerprint density at radius 1 is 1.11 bits per heavy atom. The first-order chi connectivity index (χ1) is 8.97. The molecule has 3 heteroatoms. The zero-order valence-corrected chi connectivity index (χ0v) is 11.6. The van der Waals surface area contributed by atoms with E-state index in [1.807, 2.05) is 12.1 Å². The first kappa shape index (κ1) is 13.4. The molecule has 0 unspecified atom stereocenters. The molecule has 2 N–H and O–H groups in total. The molecule has 0 aliphatic carbocycles. The number of anilines is 1. The molecule has 100 valence electrons. The van der Waals surface area contributed by atoms with Crippen LogP contribution in [0.25, 0.3) is 0 Å². The molecular weight excluding hydrogens is 236 g/mol. The minimum atomic E-state index is 0.103. The first-order valence-electron chi connectivity index (χ1n) is 6.44. The molecule has 0 spiro atoms. The lowest BCUT2D eigenvalue weighted by Gasteiger charge is -2.23. The van der Waals surface area contributed by atoms with Crippen LogP contribution in [0.3, 0.4) is 0 Å². The minimum absolute atomic E-state index is 0.103. The molecule has 3 nitrogen and oxygen atoms in total. The molecular formula is C16H20N2O. The molecule has 0 atom stereocenters. The van der Waals surface area contributed by atoms with Crippen molar-refractivity contribution in [2.75, 3.05) is 5.32 Å². The summed E-state index contributed by atoms with van der Waals surface area (Å²) in [5, 5.41) is 12.6. The number of pyridine rings is 1. The molecule has 0 aliphatic heterocycles. The lowest BCUT2D eigenvalue weighted by Crippen LogP contribution is -2.14. The molecule has 0 fully saturated rings. The summed E-state index contributed by atoms with van der Waals surface area (Å²) in [4.78, 5) is 4.17. The summed E-state index contributed by atoms with van der Waals surface area (Å²) in [5.41, 5.74) is 3.42. The van der Waals surface area contributed by atoms with Gasteiger partial charge in [-0.25, -0.2) is 0 Å². The van der Waals surface area contributed by atoms with Gasteiger partial charge in [-0.2, -0.15) is 0 Å². The van der Waals surface area contributed by atoms with Crippen molar-refractivity contribution < 1.29 is 5.11 Å². The Hall–Kier alpha value is -2.03. The molecule has 1 aromatic carbocycles. The zero-order chi connectivity index (χ0) is 13.9. The van der Waals surface area contributed by atoms with Gasteiger partial charge in [0.1, 0.15) is 5.75 Å². The maximum atomic E-state index is 9.21. The van der Waals surface area contributed by atoms with Gasteiger partial charge in [0, 0.05) is 5.69 Å². The van der Waals surface area contributed by atoms with Crippen molar-refractivity contribution in [2.24, 2.45) is 0 Å². The highest BCUT2D eigenvalue weighted by atomic mass is 16.3. The van der Waals surface area contributed by atoms with E-state index in [-0.39, 0.29) is 11.2 Å². The van der Waals surface area contributed by atoms with Crippen molar-refractivity contribution in [1.82, 2.24) is 4.98 Å². The van der Waals surface area contributed by atoms with Gasteiger partial charge in [0.25, 0.3) is 0 Å². The van der Waals surface area contributed by atoms with Crippen LogP contribution in [-0.2, 0) is 12.0 Å². The molecule has 2 rings (SSSR count). The number of hydrogen-bond acceptors (Lipinski definition) is 3. The quantitative estimate of drug-likeness (QED) is 0.880. The van der Waals surface area contributed by atoms with Crippen LogP contribution in [0.2, 0.25) is 0 Å². The number of nitrogens with one attached hydrogen (secondary N) is 1. The summed E-state index contributed by atoms with van der Waals surface area (Å²) in [6.45, 7) is 7.25. The highest BCUT2D eigenvalue weighted by molar-refractivity contribution is 5.54. The van der Waals surface area contributed by atoms with Gasteiger partial charge in [-0.3, -0.25) is 4.98 Å². The summed E-state index contributed by atoms with van der Waals surface area (Å²) in [7, 11) is 0. The second-order valence-electron chi connectivity index (χ2n) is 5.66. The number of hydrogen-bond donors (Lipinski definition) is 2. The Bertz CT molecular complexity index is 541. The fourth-order valence-electron chi connectivity index (χ4n) is 2.00. The van der Waals surface area contributed by atoms with Gasteiger partial charge < -0.3 is 10.4 Å². The summed E-state index contributed by atoms with van der Waals surface area (Å²) < 4.78 is 0. The monoisotopic (exact) mass is 256 g/mol. The summed E-state index contributed by atoms with van der Waals surface area (Å²) in [6, 6.07) is 11.8. The van der Waals surface area contributed by atoms with E-state index in [0.717, 1.165) is 11.4 Å². The molecule has 1 heterocycles. The highest BCUT2D eigenvalue weighted by Crippen LogP contribution is 2.29. The number of aromatic nitrogens is 1. The fourth-order valence-corrected chi connectivity index (χ4v) is 2.00. The SMILES string of the molecule is CC(C)(C)c1ccccc1NCc1ccc(O)cn1. The maximum Gasteiger partial charge on any atom is 0.133 e. The average Bonchev–Trinajstić information content (AvgIpc) is 2.37. The molecule has 1 aromatic heterocycles. The largest absolute Gasteiger partial charge is 0.506 e. The van der Waals surface area contributed by atoms with Gasteiger partial charge in [0.05, 0.1) is 18.4 Å². The van der Waals surface area contributed by atoms with Crippen LogP contribution in [0.15, 0.2) is 42.6 Å². The van der Waals surface area contributed by atoms with Crippen LogP contribution in [0.1, 0.15) is 32.0 Å². The Kier molecular flexibility index (Phi) is 3.74. The first-order valence-corrected chi connectivity index (χ1v) is 6.44. The third-order valence-electron chi connectivity index (χ3n) is 3.00. The van der Waals surface area contributed by atoms with Crippen molar-refractivity contribution in [3.63, 3.8) is 0 Å². The fraction of sp³-hybridized carbons (Fsp3) is 0.312. The topological polar surface area (TPSA) is 45.1 Å². The van der Waals surface area contributed by atoms with E-state index in [4.69, 9.17) is 0 Å². The number of rotatable bonds is 3. The summed E-state index contributed by atoms with van der Waals surface area (Å²) in [5.74, 6) is 0.193. The summed E-state index contributed by atoms with van der Waals surface area (Å²) in [6.07, 6.45) is 1.46. The van der Waals surface area contributed by atoms with Crippen LogP contribution < -0.4 is 5.32 Å². The highest BCUT2D eigenvalue weighted by Gasteiger charge is 2.17. The Morgan fingerprint density at radius 3 is 2.47 bits per heavy atom. The predicted molar refractivity (Wildman–Crippen MR) is 78.4 cm³/mol. The van der Waals surface area contributed by atoms with Crippen LogP contribution in [0, 0.1) is 0 Å². The van der Waals surface area contributed by atoms with Gasteiger partial charge in [0.2, 0.25) is 0 Å². The Labute approximate surface area is 114 Å². The predicted octanol–water partition coefficient (Wildman–Crippen LogP) is 3.70. The van der Waals surface area contributed by atoms with E-state index in [0.29, 0.717) is 6.54 Å². The maximum absolute atomic E-state index is 9.21. The number of para-hydroxylation sites is 1. The van der Waals surface area contributed by atoms with Crippen LogP contribution in [0.5, 0.6) is 5.75 Å². The molecule has 0 saturated heterocycles. The van der Waals surface area contributed by atoms with Gasteiger partial charge in [-0.1, -0.05) is 39.0 Å². The second-order valence-corrected chi connectivity index (χ2v) is 5.66. The molecule has 19 heavy (non-hydrogen) atoms. The number of aromatic hydroxyl groups is 1. The molecule has 0 radical (unpaired) electrons. The van der Waals surface area contributed by atoms with Crippen molar-refractivity contribution in [3.8, 4) is 5.75 Å². The molecule has 0 amide bonds. The van der Waals surface area contributed by atoms with Crippen molar-refractivity contribution in [3.05, 3.63) is 53.9 Å². The third-order valence-corrected chi connectivity index (χ3v) is 3.00. The van der Waals surface area contributed by atoms with Crippen LogP contribution in [-0.4, -0.2) is 10.1 Å². The van der Waals surface area contributed by atoms with Crippen LogP contribution in [0.4, 0.5) is 5.69 Å². The lowest BCUT2D eigenvalue weighted by molar-refractivity contribution is 0.472. The Balaban J connectivity index is 2.14. The van der Waals surface area contributed by atoms with E-state index < -0.39 is 0 Å². The van der Waals surface area contributed by atoms with Crippen molar-refractivity contribution in [1.29, 1.82) is 0 Å². The zero-order valence-electron chi connectivity index (χ0n) is 11.6. The average molecular weight is 256 g/mol. The number of nitrogens with zero attached hydrogens (tertiary/aromatic N) is 1. The van der Waals surface area contributed by atoms with E-state index in [1.165, 1.54) is 11.8 Å². The Morgan fingerprint density at radius 2 is 1.84 bits per heavy atom. The summed E-state index contributed by atoms with van der Waals surface area (Å²) >= 11 is 0. The molecule has 0 aliphatic rings. The second kappa shape index (κ2) is 5.31.